The van der Waals surface area contributed by atoms with Gasteiger partial charge in [0.25, 0.3) is 0 Å². The van der Waals surface area contributed by atoms with Gasteiger partial charge >= 0.3 is 6.09 Å². The van der Waals surface area contributed by atoms with Gasteiger partial charge in [0.15, 0.2) is 0 Å². The molecule has 2 N–H and O–H groups in total. The molecule has 2 atom stereocenters. The number of fused-ring (bicyclic) bond motifs is 2. The molecule has 5 heteroatoms. The Kier molecular flexibility index (Phi) is 4.11. The van der Waals surface area contributed by atoms with Crippen molar-refractivity contribution >= 4 is 17.6 Å². The van der Waals surface area contributed by atoms with Crippen molar-refractivity contribution < 1.29 is 14.3 Å². The first-order chi connectivity index (χ1) is 11.2. The number of rotatable bonds is 2. The lowest BCUT2D eigenvalue weighted by molar-refractivity contribution is 0.0175. The Labute approximate surface area is 142 Å². The Balaban J connectivity index is 1.79. The first kappa shape index (κ1) is 16.6. The van der Waals surface area contributed by atoms with Crippen LogP contribution in [-0.2, 0) is 4.74 Å². The van der Waals surface area contributed by atoms with Crippen molar-refractivity contribution in [3.05, 3.63) is 41.5 Å². The molecule has 24 heavy (non-hydrogen) atoms. The lowest BCUT2D eigenvalue weighted by Gasteiger charge is -2.35. The molecule has 0 radical (unpaired) electrons. The molecule has 1 fully saturated rings. The van der Waals surface area contributed by atoms with E-state index >= 15 is 0 Å². The van der Waals surface area contributed by atoms with Crippen LogP contribution < -0.4 is 5.73 Å². The van der Waals surface area contributed by atoms with Gasteiger partial charge in [-0.3, -0.25) is 9.69 Å². The first-order valence-electron chi connectivity index (χ1n) is 8.37. The molecular weight excluding hydrogens is 304 g/mol. The quantitative estimate of drug-likeness (QED) is 0.905. The van der Waals surface area contributed by atoms with Crippen LogP contribution in [-0.4, -0.2) is 34.6 Å². The molecule has 1 aromatic carbocycles. The Bertz CT molecular complexity index is 686. The molecule has 1 saturated heterocycles. The maximum absolute atomic E-state index is 12.5. The number of amides is 2. The zero-order chi connectivity index (χ0) is 17.5. The summed E-state index contributed by atoms with van der Waals surface area (Å²) in [5.74, 6) is -0.421. The molecule has 2 aliphatic rings. The number of benzene rings is 1. The molecule has 2 aliphatic heterocycles. The number of carbonyl (C=O) groups is 2. The van der Waals surface area contributed by atoms with Crippen LogP contribution in [0.15, 0.2) is 30.3 Å². The van der Waals surface area contributed by atoms with E-state index in [1.54, 1.807) is 12.1 Å². The fourth-order valence-electron chi connectivity index (χ4n) is 3.49. The maximum Gasteiger partial charge on any atom is 0.411 e. The van der Waals surface area contributed by atoms with Gasteiger partial charge in [0.2, 0.25) is 5.91 Å². The first-order valence-corrected chi connectivity index (χ1v) is 8.37. The molecule has 0 aromatic heterocycles. The summed E-state index contributed by atoms with van der Waals surface area (Å²) in [4.78, 5) is 25.5. The summed E-state index contributed by atoms with van der Waals surface area (Å²) in [7, 11) is 0. The molecule has 1 aromatic rings. The minimum Gasteiger partial charge on any atom is -0.444 e. The zero-order valence-electron chi connectivity index (χ0n) is 14.4. The van der Waals surface area contributed by atoms with Crippen LogP contribution in [0.5, 0.6) is 0 Å². The fraction of sp³-hybridized carbons (Fsp3) is 0.474. The highest BCUT2D eigenvalue weighted by atomic mass is 16.6. The summed E-state index contributed by atoms with van der Waals surface area (Å²) >= 11 is 0. The van der Waals surface area contributed by atoms with Gasteiger partial charge in [-0.1, -0.05) is 18.2 Å². The lowest BCUT2D eigenvalue weighted by atomic mass is 9.94. The van der Waals surface area contributed by atoms with E-state index in [1.165, 1.54) is 5.57 Å². The third-order valence-electron chi connectivity index (χ3n) is 4.54. The normalized spacial score (nSPS) is 23.0. The minimum atomic E-state index is -0.481. The van der Waals surface area contributed by atoms with Gasteiger partial charge in [-0.15, -0.1) is 0 Å². The highest BCUT2D eigenvalue weighted by Crippen LogP contribution is 2.39. The SMILES string of the molecule is CC(C)(C)OC(=O)N1C2C=C(c3ccc(C(N)=O)cc3)CC1CC2. The van der Waals surface area contributed by atoms with Gasteiger partial charge in [-0.25, -0.2) is 4.79 Å². The lowest BCUT2D eigenvalue weighted by Crippen LogP contribution is -2.45. The van der Waals surface area contributed by atoms with E-state index in [0.29, 0.717) is 5.56 Å². The van der Waals surface area contributed by atoms with Gasteiger partial charge in [0, 0.05) is 11.6 Å². The molecule has 2 bridgehead atoms. The Morgan fingerprint density at radius 2 is 1.83 bits per heavy atom. The molecular formula is C19H24N2O3. The van der Waals surface area contributed by atoms with Crippen LogP contribution in [0.2, 0.25) is 0 Å². The predicted molar refractivity (Wildman–Crippen MR) is 92.4 cm³/mol. The molecule has 2 heterocycles. The molecule has 2 amide bonds. The van der Waals surface area contributed by atoms with E-state index < -0.39 is 11.5 Å². The largest absolute Gasteiger partial charge is 0.444 e. The monoisotopic (exact) mass is 328 g/mol. The van der Waals surface area contributed by atoms with Crippen LogP contribution in [0.25, 0.3) is 5.57 Å². The second-order valence-electron chi connectivity index (χ2n) is 7.52. The second-order valence-corrected chi connectivity index (χ2v) is 7.52. The van der Waals surface area contributed by atoms with E-state index in [2.05, 4.69) is 6.08 Å². The van der Waals surface area contributed by atoms with Gasteiger partial charge in [0.05, 0.1) is 6.04 Å². The highest BCUT2D eigenvalue weighted by Gasteiger charge is 2.41. The number of carbonyl (C=O) groups excluding carboxylic acids is 2. The van der Waals surface area contributed by atoms with Crippen molar-refractivity contribution in [3.8, 4) is 0 Å². The number of hydrogen-bond donors (Lipinski definition) is 1. The van der Waals surface area contributed by atoms with Crippen molar-refractivity contribution in [1.29, 1.82) is 0 Å². The summed E-state index contributed by atoms with van der Waals surface area (Å²) in [5, 5.41) is 0. The van der Waals surface area contributed by atoms with Crippen molar-refractivity contribution in [3.63, 3.8) is 0 Å². The smallest absolute Gasteiger partial charge is 0.411 e. The Morgan fingerprint density at radius 1 is 1.17 bits per heavy atom. The molecule has 3 rings (SSSR count). The average Bonchev–Trinajstić information content (AvgIpc) is 2.76. The zero-order valence-corrected chi connectivity index (χ0v) is 14.4. The van der Waals surface area contributed by atoms with Gasteiger partial charge < -0.3 is 10.5 Å². The summed E-state index contributed by atoms with van der Waals surface area (Å²) in [6, 6.07) is 7.62. The topological polar surface area (TPSA) is 72.6 Å². The van der Waals surface area contributed by atoms with Crippen LogP contribution in [0.3, 0.4) is 0 Å². The van der Waals surface area contributed by atoms with Crippen LogP contribution >= 0.6 is 0 Å². The number of nitrogens with zero attached hydrogens (tertiary/aromatic N) is 1. The number of ether oxygens (including phenoxy) is 1. The summed E-state index contributed by atoms with van der Waals surface area (Å²) in [6.07, 6.45) is 4.70. The standard InChI is InChI=1S/C19H24N2O3/c1-19(2,3)24-18(23)21-15-8-9-16(21)11-14(10-15)12-4-6-13(7-5-12)17(20)22/h4-7,10,15-16H,8-9,11H2,1-3H3,(H2,20,22). The molecule has 2 unspecified atom stereocenters. The summed E-state index contributed by atoms with van der Waals surface area (Å²) in [5.41, 5.74) is 7.62. The number of nitrogens with two attached hydrogens (primary N) is 1. The van der Waals surface area contributed by atoms with Crippen LogP contribution in [0.1, 0.15) is 56.0 Å². The van der Waals surface area contributed by atoms with Crippen molar-refractivity contribution in [1.82, 2.24) is 4.90 Å². The average molecular weight is 328 g/mol. The van der Waals surface area contributed by atoms with E-state index in [1.807, 2.05) is 37.8 Å². The van der Waals surface area contributed by atoms with Crippen molar-refractivity contribution in [2.75, 3.05) is 0 Å². The highest BCUT2D eigenvalue weighted by molar-refractivity contribution is 5.93. The Hall–Kier alpha value is -2.30. The number of hydrogen-bond acceptors (Lipinski definition) is 3. The molecule has 0 spiro atoms. The van der Waals surface area contributed by atoms with E-state index in [0.717, 1.165) is 24.8 Å². The molecule has 128 valence electrons. The summed E-state index contributed by atoms with van der Waals surface area (Å²) in [6.45, 7) is 5.66. The van der Waals surface area contributed by atoms with E-state index in [9.17, 15) is 9.59 Å². The van der Waals surface area contributed by atoms with Gasteiger partial charge in [-0.05, 0) is 63.3 Å². The fourth-order valence-corrected chi connectivity index (χ4v) is 3.49. The number of primary amides is 1. The van der Waals surface area contributed by atoms with Crippen LogP contribution in [0, 0.1) is 0 Å². The third-order valence-corrected chi connectivity index (χ3v) is 4.54. The second kappa shape index (κ2) is 5.96. The van der Waals surface area contributed by atoms with Crippen LogP contribution in [0.4, 0.5) is 4.79 Å². The maximum atomic E-state index is 12.5. The van der Waals surface area contributed by atoms with Crippen molar-refractivity contribution in [2.24, 2.45) is 5.73 Å². The van der Waals surface area contributed by atoms with Gasteiger partial charge in [0.1, 0.15) is 5.60 Å². The van der Waals surface area contributed by atoms with Crippen molar-refractivity contribution in [2.45, 2.75) is 57.7 Å². The van der Waals surface area contributed by atoms with E-state index in [4.69, 9.17) is 10.5 Å². The predicted octanol–water partition coefficient (Wildman–Crippen LogP) is 3.34. The third kappa shape index (κ3) is 3.30. The summed E-state index contributed by atoms with van der Waals surface area (Å²) < 4.78 is 5.55. The molecule has 0 aliphatic carbocycles. The van der Waals surface area contributed by atoms with E-state index in [-0.39, 0.29) is 18.2 Å². The van der Waals surface area contributed by atoms with Gasteiger partial charge in [-0.2, -0.15) is 0 Å². The molecule has 5 nitrogen and oxygen atoms in total. The Morgan fingerprint density at radius 3 is 2.38 bits per heavy atom. The molecule has 0 saturated carbocycles. The minimum absolute atomic E-state index is 0.0874.